The molecule has 2 aromatic rings. The maximum absolute atomic E-state index is 3.87. The van der Waals surface area contributed by atoms with Crippen LogP contribution in [0.5, 0.6) is 0 Å². The van der Waals surface area contributed by atoms with Crippen molar-refractivity contribution in [2.45, 2.75) is 54.4 Å². The van der Waals surface area contributed by atoms with Crippen molar-refractivity contribution in [1.29, 1.82) is 0 Å². The zero-order valence-corrected chi connectivity index (χ0v) is 15.7. The van der Waals surface area contributed by atoms with Crippen molar-refractivity contribution in [2.24, 2.45) is 0 Å². The van der Waals surface area contributed by atoms with Gasteiger partial charge in [0, 0.05) is 30.7 Å². The predicted octanol–water partition coefficient (Wildman–Crippen LogP) is 5.43. The Morgan fingerprint density at radius 3 is 2.00 bits per heavy atom. The van der Waals surface area contributed by atoms with Crippen LogP contribution >= 0.6 is 0 Å². The van der Waals surface area contributed by atoms with E-state index in [1.165, 1.54) is 43.5 Å². The molecule has 0 spiro atoms. The molecular formula is C20H33N3. The molecule has 2 heterocycles. The fourth-order valence-corrected chi connectivity index (χ4v) is 2.16. The number of aryl methyl sites for hydroxylation is 2. The standard InChI is InChI=1S/C11H15N.C5H6N2.2C2H6/c1-10-5-4-6-11(9-10)12-7-2-3-8-12;1-5-2-3-6-4-7-5;2*1-2/h4-6,9H,2-3,7-8H2,1H3;2-4H,1H3;2*1-2H3. The Hall–Kier alpha value is -1.90. The average molecular weight is 316 g/mol. The normalized spacial score (nSPS) is 12.0. The number of anilines is 1. The van der Waals surface area contributed by atoms with Gasteiger partial charge in [0.05, 0.1) is 0 Å². The molecule has 0 radical (unpaired) electrons. The van der Waals surface area contributed by atoms with E-state index >= 15 is 0 Å². The molecule has 0 amide bonds. The smallest absolute Gasteiger partial charge is 0.115 e. The predicted molar refractivity (Wildman–Crippen MR) is 102 cm³/mol. The largest absolute Gasteiger partial charge is 0.372 e. The second-order valence-corrected chi connectivity index (χ2v) is 4.88. The lowest BCUT2D eigenvalue weighted by Gasteiger charge is -2.17. The zero-order chi connectivity index (χ0) is 17.5. The monoisotopic (exact) mass is 315 g/mol. The average Bonchev–Trinajstić information content (AvgIpc) is 3.14. The van der Waals surface area contributed by atoms with Gasteiger partial charge in [-0.3, -0.25) is 0 Å². The molecule has 3 heteroatoms. The molecule has 1 aliphatic rings. The van der Waals surface area contributed by atoms with Crippen molar-refractivity contribution in [1.82, 2.24) is 9.97 Å². The SMILES string of the molecule is CC.CC.Cc1cccc(N2CCCC2)c1.Cc1ccncn1. The highest BCUT2D eigenvalue weighted by atomic mass is 15.1. The summed E-state index contributed by atoms with van der Waals surface area (Å²) in [5.41, 5.74) is 3.77. The van der Waals surface area contributed by atoms with Gasteiger partial charge in [-0.05, 0) is 50.5 Å². The van der Waals surface area contributed by atoms with E-state index in [9.17, 15) is 0 Å². The molecule has 128 valence electrons. The Labute approximate surface area is 142 Å². The van der Waals surface area contributed by atoms with Gasteiger partial charge in [0.2, 0.25) is 0 Å². The van der Waals surface area contributed by atoms with Crippen LogP contribution in [-0.4, -0.2) is 23.1 Å². The van der Waals surface area contributed by atoms with Crippen LogP contribution in [0.2, 0.25) is 0 Å². The van der Waals surface area contributed by atoms with Crippen molar-refractivity contribution < 1.29 is 0 Å². The van der Waals surface area contributed by atoms with Gasteiger partial charge in [-0.15, -0.1) is 0 Å². The molecular weight excluding hydrogens is 282 g/mol. The lowest BCUT2D eigenvalue weighted by atomic mass is 10.2. The lowest BCUT2D eigenvalue weighted by molar-refractivity contribution is 0.949. The molecule has 0 unspecified atom stereocenters. The molecule has 0 N–H and O–H groups in total. The molecule has 1 aliphatic heterocycles. The third-order valence-corrected chi connectivity index (χ3v) is 3.20. The Bertz CT molecular complexity index is 491. The molecule has 1 aromatic heterocycles. The third kappa shape index (κ3) is 8.97. The fourth-order valence-electron chi connectivity index (χ4n) is 2.16. The Balaban J connectivity index is 0.000000377. The van der Waals surface area contributed by atoms with Crippen molar-refractivity contribution in [3.63, 3.8) is 0 Å². The maximum atomic E-state index is 3.87. The number of aromatic nitrogens is 2. The number of hydrogen-bond acceptors (Lipinski definition) is 3. The first-order chi connectivity index (χ1) is 11.3. The summed E-state index contributed by atoms with van der Waals surface area (Å²) < 4.78 is 0. The van der Waals surface area contributed by atoms with Gasteiger partial charge in [-0.1, -0.05) is 39.8 Å². The summed E-state index contributed by atoms with van der Waals surface area (Å²) in [6, 6.07) is 10.6. The first-order valence-corrected chi connectivity index (χ1v) is 8.80. The molecule has 1 saturated heterocycles. The Kier molecular flexibility index (Phi) is 12.6. The van der Waals surface area contributed by atoms with Crippen LogP contribution in [0.1, 0.15) is 51.8 Å². The number of benzene rings is 1. The fraction of sp³-hybridized carbons (Fsp3) is 0.500. The summed E-state index contributed by atoms with van der Waals surface area (Å²) in [6.07, 6.45) is 5.97. The molecule has 3 nitrogen and oxygen atoms in total. The van der Waals surface area contributed by atoms with Gasteiger partial charge < -0.3 is 4.90 Å². The summed E-state index contributed by atoms with van der Waals surface area (Å²) in [7, 11) is 0. The molecule has 0 bridgehead atoms. The molecule has 23 heavy (non-hydrogen) atoms. The van der Waals surface area contributed by atoms with Crippen LogP contribution in [0.25, 0.3) is 0 Å². The van der Waals surface area contributed by atoms with E-state index in [1.807, 2.05) is 40.7 Å². The minimum absolute atomic E-state index is 1.01. The highest BCUT2D eigenvalue weighted by Crippen LogP contribution is 2.20. The van der Waals surface area contributed by atoms with E-state index < -0.39 is 0 Å². The Morgan fingerprint density at radius 1 is 0.913 bits per heavy atom. The van der Waals surface area contributed by atoms with E-state index in [0.717, 1.165) is 5.69 Å². The molecule has 0 atom stereocenters. The van der Waals surface area contributed by atoms with Crippen LogP contribution in [-0.2, 0) is 0 Å². The minimum atomic E-state index is 1.01. The molecule has 1 aromatic carbocycles. The van der Waals surface area contributed by atoms with Crippen molar-refractivity contribution in [3.8, 4) is 0 Å². The van der Waals surface area contributed by atoms with Gasteiger partial charge >= 0.3 is 0 Å². The van der Waals surface area contributed by atoms with Crippen molar-refractivity contribution in [3.05, 3.63) is 54.1 Å². The quantitative estimate of drug-likeness (QED) is 0.702. The van der Waals surface area contributed by atoms with Crippen molar-refractivity contribution >= 4 is 5.69 Å². The van der Waals surface area contributed by atoms with Crippen LogP contribution in [0.15, 0.2) is 42.9 Å². The number of nitrogens with zero attached hydrogens (tertiary/aromatic N) is 3. The summed E-state index contributed by atoms with van der Waals surface area (Å²) in [6.45, 7) is 14.6. The lowest BCUT2D eigenvalue weighted by Crippen LogP contribution is -2.17. The van der Waals surface area contributed by atoms with Crippen LogP contribution < -0.4 is 4.90 Å². The Morgan fingerprint density at radius 2 is 1.57 bits per heavy atom. The van der Waals surface area contributed by atoms with Crippen LogP contribution in [0, 0.1) is 13.8 Å². The topological polar surface area (TPSA) is 29.0 Å². The van der Waals surface area contributed by atoms with Gasteiger partial charge in [-0.2, -0.15) is 0 Å². The molecule has 0 aliphatic carbocycles. The highest BCUT2D eigenvalue weighted by Gasteiger charge is 2.11. The van der Waals surface area contributed by atoms with E-state index in [1.54, 1.807) is 6.20 Å². The van der Waals surface area contributed by atoms with Gasteiger partial charge in [-0.25, -0.2) is 9.97 Å². The third-order valence-electron chi connectivity index (χ3n) is 3.20. The second-order valence-electron chi connectivity index (χ2n) is 4.88. The van der Waals surface area contributed by atoms with Gasteiger partial charge in [0.15, 0.2) is 0 Å². The molecule has 0 saturated carbocycles. The number of hydrogen-bond donors (Lipinski definition) is 0. The highest BCUT2D eigenvalue weighted by molar-refractivity contribution is 5.48. The van der Waals surface area contributed by atoms with Crippen LogP contribution in [0.3, 0.4) is 0 Å². The van der Waals surface area contributed by atoms with Crippen molar-refractivity contribution in [2.75, 3.05) is 18.0 Å². The van der Waals surface area contributed by atoms with E-state index in [0.29, 0.717) is 0 Å². The van der Waals surface area contributed by atoms with Crippen LogP contribution in [0.4, 0.5) is 5.69 Å². The summed E-state index contributed by atoms with van der Waals surface area (Å²) >= 11 is 0. The molecule has 3 rings (SSSR count). The minimum Gasteiger partial charge on any atom is -0.372 e. The number of rotatable bonds is 1. The van der Waals surface area contributed by atoms with Gasteiger partial charge in [0.1, 0.15) is 6.33 Å². The van der Waals surface area contributed by atoms with Gasteiger partial charge in [0.25, 0.3) is 0 Å². The molecule has 1 fully saturated rings. The summed E-state index contributed by atoms with van der Waals surface area (Å²) in [5, 5.41) is 0. The first-order valence-electron chi connectivity index (χ1n) is 8.80. The second kappa shape index (κ2) is 13.7. The maximum Gasteiger partial charge on any atom is 0.115 e. The van der Waals surface area contributed by atoms with E-state index in [2.05, 4.69) is 46.1 Å². The summed E-state index contributed by atoms with van der Waals surface area (Å²) in [4.78, 5) is 10.1. The van der Waals surface area contributed by atoms with E-state index in [-0.39, 0.29) is 0 Å². The van der Waals surface area contributed by atoms with E-state index in [4.69, 9.17) is 0 Å². The zero-order valence-electron chi connectivity index (χ0n) is 15.7. The summed E-state index contributed by atoms with van der Waals surface area (Å²) in [5.74, 6) is 0. The first kappa shape index (κ1) is 21.1.